The Morgan fingerprint density at radius 1 is 1.00 bits per heavy atom. The fraction of sp³-hybridized carbons (Fsp3) is 0.263. The number of nitrogens with one attached hydrogen (secondary N) is 1. The summed E-state index contributed by atoms with van der Waals surface area (Å²) >= 11 is 1.39. The average molecular weight is 424 g/mol. The van der Waals surface area contributed by atoms with E-state index in [-0.39, 0.29) is 16.2 Å². The number of benzene rings is 2. The molecule has 0 aliphatic heterocycles. The van der Waals surface area contributed by atoms with Crippen molar-refractivity contribution in [1.82, 2.24) is 4.72 Å². The van der Waals surface area contributed by atoms with Gasteiger partial charge in [-0.05, 0) is 17.7 Å². The van der Waals surface area contributed by atoms with Crippen LogP contribution in [0.2, 0.25) is 0 Å². The monoisotopic (exact) mass is 423 g/mol. The summed E-state index contributed by atoms with van der Waals surface area (Å²) in [6.07, 6.45) is 0. The van der Waals surface area contributed by atoms with Gasteiger partial charge in [-0.2, -0.15) is 16.5 Å². The maximum absolute atomic E-state index is 12.8. The molecule has 0 aliphatic rings. The van der Waals surface area contributed by atoms with Crippen molar-refractivity contribution in [3.63, 3.8) is 0 Å². The first kappa shape index (κ1) is 21.9. The van der Waals surface area contributed by atoms with Crippen molar-refractivity contribution in [2.24, 2.45) is 0 Å². The van der Waals surface area contributed by atoms with E-state index in [1.54, 1.807) is 0 Å². The summed E-state index contributed by atoms with van der Waals surface area (Å²) in [5, 5.41) is 0. The molecule has 1 unspecified atom stereocenters. The predicted molar refractivity (Wildman–Crippen MR) is 107 cm³/mol. The maximum atomic E-state index is 12.8. The largest absolute Gasteiger partial charge is 0.468 e. The van der Waals surface area contributed by atoms with Crippen molar-refractivity contribution in [2.45, 2.75) is 16.7 Å². The van der Waals surface area contributed by atoms with Crippen LogP contribution in [-0.4, -0.2) is 46.4 Å². The van der Waals surface area contributed by atoms with Crippen LogP contribution in [0.4, 0.5) is 0 Å². The summed E-state index contributed by atoms with van der Waals surface area (Å²) < 4.78 is 37.3. The third-order valence-electron chi connectivity index (χ3n) is 3.76. The second-order valence-corrected chi connectivity index (χ2v) is 8.40. The molecule has 2 aromatic rings. The summed E-state index contributed by atoms with van der Waals surface area (Å²) in [6, 6.07) is 14.1. The molecule has 1 N–H and O–H groups in total. The summed E-state index contributed by atoms with van der Waals surface area (Å²) in [7, 11) is -1.81. The van der Waals surface area contributed by atoms with Gasteiger partial charge in [0.25, 0.3) is 0 Å². The molecule has 2 rings (SSSR count). The van der Waals surface area contributed by atoms with Gasteiger partial charge in [0.05, 0.1) is 24.7 Å². The second kappa shape index (κ2) is 10.3. The van der Waals surface area contributed by atoms with E-state index in [1.165, 1.54) is 43.1 Å². The Bertz CT molecular complexity index is 915. The number of esters is 2. The highest BCUT2D eigenvalue weighted by molar-refractivity contribution is 7.98. The fourth-order valence-electron chi connectivity index (χ4n) is 2.39. The zero-order valence-electron chi connectivity index (χ0n) is 15.5. The molecule has 28 heavy (non-hydrogen) atoms. The molecule has 0 saturated heterocycles. The number of ether oxygens (including phenoxy) is 2. The Kier molecular flexibility index (Phi) is 8.04. The van der Waals surface area contributed by atoms with E-state index in [0.717, 1.165) is 12.7 Å². The minimum absolute atomic E-state index is 0.113. The minimum Gasteiger partial charge on any atom is -0.468 e. The number of hydrogen-bond acceptors (Lipinski definition) is 7. The lowest BCUT2D eigenvalue weighted by atomic mass is 10.2. The molecular weight excluding hydrogens is 402 g/mol. The summed E-state index contributed by atoms with van der Waals surface area (Å²) in [5.41, 5.74) is 0.938. The quantitative estimate of drug-likeness (QED) is 0.618. The summed E-state index contributed by atoms with van der Waals surface area (Å²) in [5.74, 6) is -0.718. The maximum Gasteiger partial charge on any atom is 0.339 e. The van der Waals surface area contributed by atoms with Crippen molar-refractivity contribution in [2.75, 3.05) is 20.0 Å². The first-order valence-electron chi connectivity index (χ1n) is 8.28. The van der Waals surface area contributed by atoms with Gasteiger partial charge < -0.3 is 9.47 Å². The molecular formula is C19H21NO6S2. The van der Waals surface area contributed by atoms with E-state index in [1.807, 2.05) is 30.3 Å². The van der Waals surface area contributed by atoms with Crippen LogP contribution >= 0.6 is 11.8 Å². The summed E-state index contributed by atoms with van der Waals surface area (Å²) in [4.78, 5) is 23.7. The molecule has 0 heterocycles. The Balaban J connectivity index is 2.17. The number of thioether (sulfide) groups is 1. The molecule has 1 atom stereocenters. The molecule has 0 fully saturated rings. The zero-order chi connectivity index (χ0) is 20.6. The highest BCUT2D eigenvalue weighted by atomic mass is 32.2. The molecule has 9 heteroatoms. The van der Waals surface area contributed by atoms with Crippen molar-refractivity contribution >= 4 is 33.7 Å². The molecule has 0 spiro atoms. The smallest absolute Gasteiger partial charge is 0.339 e. The van der Waals surface area contributed by atoms with Gasteiger partial charge in [-0.15, -0.1) is 0 Å². The third kappa shape index (κ3) is 5.82. The van der Waals surface area contributed by atoms with Gasteiger partial charge in [0.15, 0.2) is 0 Å². The number of carbonyl (C=O) groups excluding carboxylic acids is 2. The van der Waals surface area contributed by atoms with E-state index in [0.29, 0.717) is 5.75 Å². The number of methoxy groups -OCH3 is 2. The standard InChI is InChI=1S/C19H21NO6S2/c1-25-18(21)15-10-6-7-11-17(15)28(23,24)20-16(19(22)26-2)13-27-12-14-8-4-3-5-9-14/h3-11,16,20H,12-13H2,1-2H3. The van der Waals surface area contributed by atoms with Crippen molar-refractivity contribution in [3.8, 4) is 0 Å². The van der Waals surface area contributed by atoms with Gasteiger partial charge in [-0.25, -0.2) is 13.2 Å². The van der Waals surface area contributed by atoms with Crippen molar-refractivity contribution < 1.29 is 27.5 Å². The highest BCUT2D eigenvalue weighted by Crippen LogP contribution is 2.19. The number of sulfonamides is 1. The van der Waals surface area contributed by atoms with Crippen LogP contribution in [0.1, 0.15) is 15.9 Å². The third-order valence-corrected chi connectivity index (χ3v) is 6.40. The first-order chi connectivity index (χ1) is 13.4. The minimum atomic E-state index is -4.16. The van der Waals surface area contributed by atoms with E-state index >= 15 is 0 Å². The van der Waals surface area contributed by atoms with Crippen LogP contribution in [0.15, 0.2) is 59.5 Å². The van der Waals surface area contributed by atoms with Gasteiger partial charge in [0, 0.05) is 11.5 Å². The van der Waals surface area contributed by atoms with E-state index < -0.39 is 28.0 Å². The van der Waals surface area contributed by atoms with Crippen LogP contribution in [0.25, 0.3) is 0 Å². The van der Waals surface area contributed by atoms with Crippen LogP contribution < -0.4 is 4.72 Å². The number of carbonyl (C=O) groups is 2. The molecule has 0 bridgehead atoms. The molecule has 2 aromatic carbocycles. The van der Waals surface area contributed by atoms with Crippen LogP contribution in [-0.2, 0) is 30.0 Å². The molecule has 0 aliphatic carbocycles. The lowest BCUT2D eigenvalue weighted by Crippen LogP contribution is -2.43. The van der Waals surface area contributed by atoms with Gasteiger partial charge >= 0.3 is 11.9 Å². The average Bonchev–Trinajstić information content (AvgIpc) is 2.72. The lowest BCUT2D eigenvalue weighted by molar-refractivity contribution is -0.141. The predicted octanol–water partition coefficient (Wildman–Crippen LogP) is 2.23. The Morgan fingerprint density at radius 3 is 2.29 bits per heavy atom. The normalized spacial score (nSPS) is 12.2. The Hall–Kier alpha value is -2.36. The molecule has 0 radical (unpaired) electrons. The van der Waals surface area contributed by atoms with Gasteiger partial charge in [0.2, 0.25) is 10.0 Å². The van der Waals surface area contributed by atoms with Gasteiger partial charge in [-0.1, -0.05) is 42.5 Å². The van der Waals surface area contributed by atoms with E-state index in [2.05, 4.69) is 9.46 Å². The SMILES string of the molecule is COC(=O)c1ccccc1S(=O)(=O)NC(CSCc1ccccc1)C(=O)OC. The Labute approximate surface area is 168 Å². The lowest BCUT2D eigenvalue weighted by Gasteiger charge is -2.17. The molecule has 150 valence electrons. The van der Waals surface area contributed by atoms with E-state index in [9.17, 15) is 18.0 Å². The van der Waals surface area contributed by atoms with Gasteiger partial charge in [-0.3, -0.25) is 4.79 Å². The number of hydrogen-bond donors (Lipinski definition) is 1. The van der Waals surface area contributed by atoms with Crippen molar-refractivity contribution in [3.05, 3.63) is 65.7 Å². The molecule has 7 nitrogen and oxygen atoms in total. The number of rotatable bonds is 9. The molecule has 0 saturated carbocycles. The van der Waals surface area contributed by atoms with Crippen molar-refractivity contribution in [1.29, 1.82) is 0 Å². The first-order valence-corrected chi connectivity index (χ1v) is 10.9. The van der Waals surface area contributed by atoms with Crippen LogP contribution in [0.5, 0.6) is 0 Å². The van der Waals surface area contributed by atoms with Gasteiger partial charge in [0.1, 0.15) is 6.04 Å². The summed E-state index contributed by atoms with van der Waals surface area (Å²) in [6.45, 7) is 0. The zero-order valence-corrected chi connectivity index (χ0v) is 17.1. The van der Waals surface area contributed by atoms with Crippen LogP contribution in [0, 0.1) is 0 Å². The topological polar surface area (TPSA) is 98.8 Å². The highest BCUT2D eigenvalue weighted by Gasteiger charge is 2.29. The molecule has 0 aromatic heterocycles. The second-order valence-electron chi connectivity index (χ2n) is 5.69. The fourth-order valence-corrected chi connectivity index (χ4v) is 4.88. The van der Waals surface area contributed by atoms with E-state index in [4.69, 9.17) is 4.74 Å². The Morgan fingerprint density at radius 2 is 1.64 bits per heavy atom. The van der Waals surface area contributed by atoms with Crippen LogP contribution in [0.3, 0.4) is 0 Å². The molecule has 0 amide bonds.